The molecule has 8 nitrogen and oxygen atoms in total. The number of nitrogens with one attached hydrogen (secondary N) is 1. The molecule has 0 aliphatic carbocycles. The number of ether oxygens (including phenoxy) is 1. The highest BCUT2D eigenvalue weighted by atomic mass is 16.5. The Kier molecular flexibility index (Phi) is 3.85. The van der Waals surface area contributed by atoms with Crippen LogP contribution in [0.2, 0.25) is 0 Å². The maximum Gasteiger partial charge on any atom is 0.358 e. The number of aromatic carboxylic acids is 1. The van der Waals surface area contributed by atoms with E-state index in [1.54, 1.807) is 0 Å². The number of amides is 1. The van der Waals surface area contributed by atoms with E-state index in [1.165, 1.54) is 37.5 Å². The van der Waals surface area contributed by atoms with Crippen LogP contribution in [0.3, 0.4) is 0 Å². The number of carboxylic acids is 1. The number of rotatable bonds is 4. The SMILES string of the molecule is CNC(=O)c1ccc(Oc2cccnc2C(=O)O)nn1. The molecule has 1 amide bonds. The molecule has 0 aliphatic rings. The number of carboxylic acid groups (broad SMARTS) is 1. The lowest BCUT2D eigenvalue weighted by molar-refractivity contribution is 0.0687. The molecule has 0 atom stereocenters. The van der Waals surface area contributed by atoms with E-state index >= 15 is 0 Å². The van der Waals surface area contributed by atoms with Crippen molar-refractivity contribution >= 4 is 11.9 Å². The van der Waals surface area contributed by atoms with Gasteiger partial charge in [0.2, 0.25) is 5.88 Å². The van der Waals surface area contributed by atoms with Crippen LogP contribution in [0, 0.1) is 0 Å². The van der Waals surface area contributed by atoms with Crippen molar-refractivity contribution in [1.29, 1.82) is 0 Å². The van der Waals surface area contributed by atoms with E-state index in [9.17, 15) is 9.59 Å². The molecule has 0 unspecified atom stereocenters. The average Bonchev–Trinajstić information content (AvgIpc) is 2.47. The molecule has 102 valence electrons. The summed E-state index contributed by atoms with van der Waals surface area (Å²) in [5.74, 6) is -1.48. The number of carbonyl (C=O) groups is 2. The second-order valence-electron chi connectivity index (χ2n) is 3.59. The first-order valence-corrected chi connectivity index (χ1v) is 5.54. The van der Waals surface area contributed by atoms with Crippen LogP contribution in [0.4, 0.5) is 0 Å². The van der Waals surface area contributed by atoms with Gasteiger partial charge in [0.1, 0.15) is 0 Å². The van der Waals surface area contributed by atoms with E-state index in [0.29, 0.717) is 0 Å². The van der Waals surface area contributed by atoms with Gasteiger partial charge in [0.25, 0.3) is 5.91 Å². The molecule has 2 heterocycles. The summed E-state index contributed by atoms with van der Waals surface area (Å²) >= 11 is 0. The summed E-state index contributed by atoms with van der Waals surface area (Å²) in [6, 6.07) is 5.81. The normalized spacial score (nSPS) is 9.85. The zero-order valence-corrected chi connectivity index (χ0v) is 10.4. The predicted molar refractivity (Wildman–Crippen MR) is 66.7 cm³/mol. The summed E-state index contributed by atoms with van der Waals surface area (Å²) in [7, 11) is 1.48. The minimum atomic E-state index is -1.21. The van der Waals surface area contributed by atoms with Crippen LogP contribution >= 0.6 is 0 Å². The minimum Gasteiger partial charge on any atom is -0.476 e. The van der Waals surface area contributed by atoms with Crippen molar-refractivity contribution in [2.75, 3.05) is 7.05 Å². The smallest absolute Gasteiger partial charge is 0.358 e. The maximum atomic E-state index is 11.3. The van der Waals surface area contributed by atoms with Gasteiger partial charge in [-0.3, -0.25) is 4.79 Å². The van der Waals surface area contributed by atoms with Gasteiger partial charge in [-0.1, -0.05) is 0 Å². The van der Waals surface area contributed by atoms with E-state index in [1.807, 2.05) is 0 Å². The lowest BCUT2D eigenvalue weighted by Gasteiger charge is -2.06. The molecular formula is C12H10N4O4. The molecule has 2 aromatic rings. The molecule has 0 saturated carbocycles. The molecule has 2 aromatic heterocycles. The monoisotopic (exact) mass is 274 g/mol. The average molecular weight is 274 g/mol. The molecule has 0 spiro atoms. The summed E-state index contributed by atoms with van der Waals surface area (Å²) in [5.41, 5.74) is -0.103. The predicted octanol–water partition coefficient (Wildman–Crippen LogP) is 0.722. The van der Waals surface area contributed by atoms with Crippen LogP contribution in [0.25, 0.3) is 0 Å². The van der Waals surface area contributed by atoms with Gasteiger partial charge >= 0.3 is 5.97 Å². The summed E-state index contributed by atoms with van der Waals surface area (Å²) < 4.78 is 5.29. The second-order valence-corrected chi connectivity index (χ2v) is 3.59. The zero-order chi connectivity index (χ0) is 14.5. The third-order valence-electron chi connectivity index (χ3n) is 2.29. The molecule has 0 aromatic carbocycles. The second kappa shape index (κ2) is 5.74. The third-order valence-corrected chi connectivity index (χ3v) is 2.29. The van der Waals surface area contributed by atoms with Crippen molar-refractivity contribution in [1.82, 2.24) is 20.5 Å². The van der Waals surface area contributed by atoms with Crippen molar-refractivity contribution < 1.29 is 19.4 Å². The Bertz CT molecular complexity index is 642. The molecule has 0 aliphatic heterocycles. The summed E-state index contributed by atoms with van der Waals surface area (Å²) in [4.78, 5) is 25.9. The van der Waals surface area contributed by atoms with Gasteiger partial charge in [0.05, 0.1) is 0 Å². The number of hydrogen-bond donors (Lipinski definition) is 2. The fourth-order valence-electron chi connectivity index (χ4n) is 1.37. The van der Waals surface area contributed by atoms with Crippen LogP contribution in [0.5, 0.6) is 11.6 Å². The van der Waals surface area contributed by atoms with Gasteiger partial charge in [-0.25, -0.2) is 9.78 Å². The first-order valence-electron chi connectivity index (χ1n) is 5.54. The fourth-order valence-corrected chi connectivity index (χ4v) is 1.37. The molecule has 20 heavy (non-hydrogen) atoms. The van der Waals surface area contributed by atoms with Crippen LogP contribution in [-0.4, -0.2) is 39.2 Å². The first kappa shape index (κ1) is 13.4. The quantitative estimate of drug-likeness (QED) is 0.844. The number of aromatic nitrogens is 3. The van der Waals surface area contributed by atoms with Gasteiger partial charge < -0.3 is 15.2 Å². The molecule has 2 rings (SSSR count). The Morgan fingerprint density at radius 1 is 1.25 bits per heavy atom. The van der Waals surface area contributed by atoms with Gasteiger partial charge in [-0.2, -0.15) is 0 Å². The molecular weight excluding hydrogens is 264 g/mol. The molecule has 0 radical (unpaired) electrons. The van der Waals surface area contributed by atoms with Gasteiger partial charge in [-0.15, -0.1) is 10.2 Å². The minimum absolute atomic E-state index is 0.0435. The maximum absolute atomic E-state index is 11.3. The van der Waals surface area contributed by atoms with E-state index in [-0.39, 0.29) is 28.9 Å². The Morgan fingerprint density at radius 3 is 2.65 bits per heavy atom. The molecule has 8 heteroatoms. The number of nitrogens with zero attached hydrogens (tertiary/aromatic N) is 3. The Labute approximate surface area is 113 Å². The molecule has 0 bridgehead atoms. The number of carbonyl (C=O) groups excluding carboxylic acids is 1. The van der Waals surface area contributed by atoms with Crippen LogP contribution in [-0.2, 0) is 0 Å². The van der Waals surface area contributed by atoms with Gasteiger partial charge in [0, 0.05) is 19.3 Å². The van der Waals surface area contributed by atoms with E-state index in [4.69, 9.17) is 9.84 Å². The van der Waals surface area contributed by atoms with Crippen molar-refractivity contribution in [3.05, 3.63) is 41.9 Å². The number of pyridine rings is 1. The van der Waals surface area contributed by atoms with Gasteiger partial charge in [-0.05, 0) is 18.2 Å². The third kappa shape index (κ3) is 2.86. The van der Waals surface area contributed by atoms with Crippen molar-refractivity contribution in [2.24, 2.45) is 0 Å². The first-order chi connectivity index (χ1) is 9.61. The molecule has 0 saturated heterocycles. The van der Waals surface area contributed by atoms with Crippen molar-refractivity contribution in [3.8, 4) is 11.6 Å². The Hall–Kier alpha value is -3.03. The highest BCUT2D eigenvalue weighted by molar-refractivity contribution is 5.91. The Morgan fingerprint density at radius 2 is 2.05 bits per heavy atom. The lowest BCUT2D eigenvalue weighted by atomic mass is 10.3. The van der Waals surface area contributed by atoms with E-state index < -0.39 is 5.97 Å². The van der Waals surface area contributed by atoms with E-state index in [2.05, 4.69) is 20.5 Å². The van der Waals surface area contributed by atoms with Crippen LogP contribution in [0.1, 0.15) is 21.0 Å². The molecule has 0 fully saturated rings. The van der Waals surface area contributed by atoms with Gasteiger partial charge in [0.15, 0.2) is 17.1 Å². The topological polar surface area (TPSA) is 114 Å². The van der Waals surface area contributed by atoms with Crippen molar-refractivity contribution in [2.45, 2.75) is 0 Å². The van der Waals surface area contributed by atoms with E-state index in [0.717, 1.165) is 0 Å². The molecule has 2 N–H and O–H groups in total. The fraction of sp³-hybridized carbons (Fsp3) is 0.0833. The van der Waals surface area contributed by atoms with Crippen LogP contribution < -0.4 is 10.1 Å². The summed E-state index contributed by atoms with van der Waals surface area (Å²) in [5, 5.41) is 18.7. The van der Waals surface area contributed by atoms with Crippen LogP contribution in [0.15, 0.2) is 30.5 Å². The highest BCUT2D eigenvalue weighted by Gasteiger charge is 2.14. The number of hydrogen-bond acceptors (Lipinski definition) is 6. The summed E-state index contributed by atoms with van der Waals surface area (Å²) in [6.07, 6.45) is 1.34. The lowest BCUT2D eigenvalue weighted by Crippen LogP contribution is -2.19. The zero-order valence-electron chi connectivity index (χ0n) is 10.4. The highest BCUT2D eigenvalue weighted by Crippen LogP contribution is 2.21. The Balaban J connectivity index is 2.23. The van der Waals surface area contributed by atoms with Crippen molar-refractivity contribution in [3.63, 3.8) is 0 Å². The largest absolute Gasteiger partial charge is 0.476 e. The summed E-state index contributed by atoms with van der Waals surface area (Å²) in [6.45, 7) is 0. The standard InChI is InChI=1S/C12H10N4O4/c1-13-11(17)7-4-5-9(16-15-7)20-8-3-2-6-14-10(8)12(18)19/h2-6H,1H3,(H,13,17)(H,18,19).